The zero-order valence-electron chi connectivity index (χ0n) is 9.83. The molecule has 1 heterocycles. The molecule has 0 bridgehead atoms. The van der Waals surface area contributed by atoms with Crippen LogP contribution in [0.5, 0.6) is 0 Å². The molecule has 0 amide bonds. The van der Waals surface area contributed by atoms with Crippen molar-refractivity contribution in [2.45, 2.75) is 33.2 Å². The first-order valence-corrected chi connectivity index (χ1v) is 5.88. The second kappa shape index (κ2) is 4.31. The van der Waals surface area contributed by atoms with Gasteiger partial charge in [0.2, 0.25) is 0 Å². The van der Waals surface area contributed by atoms with Crippen molar-refractivity contribution < 1.29 is 0 Å². The fourth-order valence-corrected chi connectivity index (χ4v) is 2.33. The standard InChI is InChI=1S/C13H20N2/c1-4-15-13(11-7-10(11)3)12-8-14-6-5-9(12)2/h5-6,8,10-11,13,15H,4,7H2,1-3H3. The summed E-state index contributed by atoms with van der Waals surface area (Å²) in [5.41, 5.74) is 2.74. The molecule has 1 fully saturated rings. The van der Waals surface area contributed by atoms with Gasteiger partial charge in [-0.3, -0.25) is 4.98 Å². The lowest BCUT2D eigenvalue weighted by atomic mass is 9.99. The number of aromatic nitrogens is 1. The lowest BCUT2D eigenvalue weighted by molar-refractivity contribution is 0.472. The first kappa shape index (κ1) is 10.6. The lowest BCUT2D eigenvalue weighted by Gasteiger charge is -2.19. The molecule has 15 heavy (non-hydrogen) atoms. The van der Waals surface area contributed by atoms with Crippen LogP contribution in [-0.4, -0.2) is 11.5 Å². The SMILES string of the molecule is CCNC(c1cnccc1C)C1CC1C. The van der Waals surface area contributed by atoms with Crippen LogP contribution in [0.25, 0.3) is 0 Å². The summed E-state index contributed by atoms with van der Waals surface area (Å²) in [6, 6.07) is 2.62. The first-order chi connectivity index (χ1) is 7.24. The minimum atomic E-state index is 0.513. The summed E-state index contributed by atoms with van der Waals surface area (Å²) >= 11 is 0. The van der Waals surface area contributed by atoms with E-state index in [2.05, 4.69) is 37.1 Å². The first-order valence-electron chi connectivity index (χ1n) is 5.88. The second-order valence-electron chi connectivity index (χ2n) is 4.64. The lowest BCUT2D eigenvalue weighted by Crippen LogP contribution is -2.24. The third kappa shape index (κ3) is 2.20. The molecule has 1 aromatic heterocycles. The van der Waals surface area contributed by atoms with E-state index in [0.29, 0.717) is 6.04 Å². The van der Waals surface area contributed by atoms with Crippen LogP contribution in [0.15, 0.2) is 18.5 Å². The summed E-state index contributed by atoms with van der Waals surface area (Å²) in [5.74, 6) is 1.68. The van der Waals surface area contributed by atoms with Crippen molar-refractivity contribution in [1.82, 2.24) is 10.3 Å². The Kier molecular flexibility index (Phi) is 3.06. The van der Waals surface area contributed by atoms with Gasteiger partial charge in [-0.05, 0) is 48.9 Å². The van der Waals surface area contributed by atoms with Crippen molar-refractivity contribution in [3.05, 3.63) is 29.6 Å². The predicted molar refractivity (Wildman–Crippen MR) is 62.7 cm³/mol. The Morgan fingerprint density at radius 1 is 1.60 bits per heavy atom. The zero-order valence-corrected chi connectivity index (χ0v) is 9.83. The van der Waals surface area contributed by atoms with Gasteiger partial charge >= 0.3 is 0 Å². The molecule has 82 valence electrons. The van der Waals surface area contributed by atoms with E-state index < -0.39 is 0 Å². The molecule has 3 atom stereocenters. The third-order valence-corrected chi connectivity index (χ3v) is 3.44. The summed E-state index contributed by atoms with van der Waals surface area (Å²) in [7, 11) is 0. The molecule has 2 heteroatoms. The van der Waals surface area contributed by atoms with Crippen molar-refractivity contribution in [2.75, 3.05) is 6.54 Å². The quantitative estimate of drug-likeness (QED) is 0.815. The van der Waals surface area contributed by atoms with Crippen LogP contribution in [0, 0.1) is 18.8 Å². The summed E-state index contributed by atoms with van der Waals surface area (Å²) in [5, 5.41) is 3.59. The van der Waals surface area contributed by atoms with Crippen LogP contribution in [0.1, 0.15) is 37.4 Å². The Bertz CT molecular complexity index is 335. The average Bonchev–Trinajstić information content (AvgIpc) is 2.93. The molecule has 1 aliphatic carbocycles. The highest BCUT2D eigenvalue weighted by atomic mass is 14.9. The van der Waals surface area contributed by atoms with E-state index in [-0.39, 0.29) is 0 Å². The van der Waals surface area contributed by atoms with Gasteiger partial charge in [-0.1, -0.05) is 13.8 Å². The van der Waals surface area contributed by atoms with E-state index >= 15 is 0 Å². The van der Waals surface area contributed by atoms with Gasteiger partial charge in [0.1, 0.15) is 0 Å². The van der Waals surface area contributed by atoms with Crippen LogP contribution in [-0.2, 0) is 0 Å². The van der Waals surface area contributed by atoms with Crippen LogP contribution in [0.3, 0.4) is 0 Å². The van der Waals surface area contributed by atoms with E-state index in [9.17, 15) is 0 Å². The molecular formula is C13H20N2. The number of nitrogens with zero attached hydrogens (tertiary/aromatic N) is 1. The Hall–Kier alpha value is -0.890. The molecule has 0 aliphatic heterocycles. The van der Waals surface area contributed by atoms with Gasteiger partial charge in [0.25, 0.3) is 0 Å². The van der Waals surface area contributed by atoms with Crippen molar-refractivity contribution in [3.63, 3.8) is 0 Å². The summed E-state index contributed by atoms with van der Waals surface area (Å²) in [6.07, 6.45) is 5.25. The molecule has 1 aromatic rings. The zero-order chi connectivity index (χ0) is 10.8. The molecular weight excluding hydrogens is 184 g/mol. The van der Waals surface area contributed by atoms with E-state index in [1.54, 1.807) is 0 Å². The molecule has 2 nitrogen and oxygen atoms in total. The van der Waals surface area contributed by atoms with Gasteiger partial charge in [0.15, 0.2) is 0 Å². The average molecular weight is 204 g/mol. The number of pyridine rings is 1. The maximum absolute atomic E-state index is 4.24. The Morgan fingerprint density at radius 2 is 2.33 bits per heavy atom. The van der Waals surface area contributed by atoms with Crippen LogP contribution in [0.4, 0.5) is 0 Å². The van der Waals surface area contributed by atoms with Gasteiger partial charge in [-0.2, -0.15) is 0 Å². The molecule has 0 spiro atoms. The van der Waals surface area contributed by atoms with Gasteiger partial charge in [-0.25, -0.2) is 0 Å². The van der Waals surface area contributed by atoms with E-state index in [0.717, 1.165) is 18.4 Å². The van der Waals surface area contributed by atoms with Gasteiger partial charge in [-0.15, -0.1) is 0 Å². The maximum Gasteiger partial charge on any atom is 0.0369 e. The number of hydrogen-bond acceptors (Lipinski definition) is 2. The van der Waals surface area contributed by atoms with Gasteiger partial charge in [0, 0.05) is 18.4 Å². The highest BCUT2D eigenvalue weighted by Crippen LogP contribution is 2.47. The summed E-state index contributed by atoms with van der Waals surface area (Å²) in [4.78, 5) is 4.24. The van der Waals surface area contributed by atoms with Crippen molar-refractivity contribution >= 4 is 0 Å². The molecule has 3 unspecified atom stereocenters. The Labute approximate surface area is 92.1 Å². The molecule has 0 saturated heterocycles. The van der Waals surface area contributed by atoms with Crippen LogP contribution >= 0.6 is 0 Å². The fourth-order valence-electron chi connectivity index (χ4n) is 2.33. The predicted octanol–water partition coefficient (Wildman–Crippen LogP) is 2.70. The van der Waals surface area contributed by atoms with Crippen molar-refractivity contribution in [2.24, 2.45) is 11.8 Å². The smallest absolute Gasteiger partial charge is 0.0369 e. The highest BCUT2D eigenvalue weighted by molar-refractivity contribution is 5.27. The van der Waals surface area contributed by atoms with E-state index in [4.69, 9.17) is 0 Å². The minimum absolute atomic E-state index is 0.513. The van der Waals surface area contributed by atoms with Crippen molar-refractivity contribution in [3.8, 4) is 0 Å². The molecule has 1 saturated carbocycles. The number of nitrogens with one attached hydrogen (secondary N) is 1. The van der Waals surface area contributed by atoms with Crippen LogP contribution in [0.2, 0.25) is 0 Å². The van der Waals surface area contributed by atoms with Crippen LogP contribution < -0.4 is 5.32 Å². The number of aryl methyl sites for hydroxylation is 1. The molecule has 0 radical (unpaired) electrons. The van der Waals surface area contributed by atoms with Gasteiger partial charge in [0.05, 0.1) is 0 Å². The molecule has 1 aliphatic rings. The second-order valence-corrected chi connectivity index (χ2v) is 4.64. The Balaban J connectivity index is 2.21. The third-order valence-electron chi connectivity index (χ3n) is 3.44. The largest absolute Gasteiger partial charge is 0.310 e. The molecule has 1 N–H and O–H groups in total. The topological polar surface area (TPSA) is 24.9 Å². The summed E-state index contributed by atoms with van der Waals surface area (Å²) < 4.78 is 0. The van der Waals surface area contributed by atoms with Gasteiger partial charge < -0.3 is 5.32 Å². The summed E-state index contributed by atoms with van der Waals surface area (Å²) in [6.45, 7) is 7.71. The maximum atomic E-state index is 4.24. The molecule has 2 rings (SSSR count). The Morgan fingerprint density at radius 3 is 2.87 bits per heavy atom. The monoisotopic (exact) mass is 204 g/mol. The normalized spacial score (nSPS) is 26.3. The van der Waals surface area contributed by atoms with E-state index in [1.165, 1.54) is 17.5 Å². The number of rotatable bonds is 4. The van der Waals surface area contributed by atoms with Crippen molar-refractivity contribution in [1.29, 1.82) is 0 Å². The number of hydrogen-bond donors (Lipinski definition) is 1. The minimum Gasteiger partial charge on any atom is -0.310 e. The van der Waals surface area contributed by atoms with E-state index in [1.807, 2.05) is 12.4 Å². The molecule has 0 aromatic carbocycles. The highest BCUT2D eigenvalue weighted by Gasteiger charge is 2.40. The fraction of sp³-hybridized carbons (Fsp3) is 0.615.